The fourth-order valence-electron chi connectivity index (χ4n) is 2.34. The minimum absolute atomic E-state index is 0.0559. The van der Waals surface area contributed by atoms with Gasteiger partial charge >= 0.3 is 0 Å². The standard InChI is InChI=1S/C14H17ClN2O2/c1-2-17-12(7-8-13(17)18)14(19)16-9-10-5-3-4-6-11(10)15/h3-6,12H,2,7-9H2,1H3,(H,16,19)/t12-/m0/s1. The Bertz CT molecular complexity index is 490. The van der Waals surface area contributed by atoms with Crippen molar-refractivity contribution in [1.82, 2.24) is 10.2 Å². The molecule has 0 saturated carbocycles. The van der Waals surface area contributed by atoms with Gasteiger partial charge in [-0.3, -0.25) is 9.59 Å². The molecule has 0 bridgehead atoms. The van der Waals surface area contributed by atoms with Crippen LogP contribution in [0.3, 0.4) is 0 Å². The average molecular weight is 281 g/mol. The van der Waals surface area contributed by atoms with E-state index in [0.717, 1.165) is 5.56 Å². The van der Waals surface area contributed by atoms with E-state index in [4.69, 9.17) is 11.6 Å². The van der Waals surface area contributed by atoms with Crippen LogP contribution in [0, 0.1) is 0 Å². The lowest BCUT2D eigenvalue weighted by atomic mass is 10.2. The Hall–Kier alpha value is -1.55. The molecule has 19 heavy (non-hydrogen) atoms. The van der Waals surface area contributed by atoms with Crippen LogP contribution in [0.1, 0.15) is 25.3 Å². The number of likely N-dealkylation sites (tertiary alicyclic amines) is 1. The second kappa shape index (κ2) is 6.06. The molecule has 5 heteroatoms. The number of nitrogens with zero attached hydrogens (tertiary/aromatic N) is 1. The van der Waals surface area contributed by atoms with E-state index < -0.39 is 0 Å². The predicted molar refractivity (Wildman–Crippen MR) is 73.7 cm³/mol. The molecule has 4 nitrogen and oxygen atoms in total. The van der Waals surface area contributed by atoms with Gasteiger partial charge in [-0.15, -0.1) is 0 Å². The van der Waals surface area contributed by atoms with Crippen LogP contribution >= 0.6 is 11.6 Å². The quantitative estimate of drug-likeness (QED) is 0.917. The summed E-state index contributed by atoms with van der Waals surface area (Å²) in [6, 6.07) is 7.06. The summed E-state index contributed by atoms with van der Waals surface area (Å²) in [6.07, 6.45) is 1.05. The van der Waals surface area contributed by atoms with E-state index >= 15 is 0 Å². The second-order valence-electron chi connectivity index (χ2n) is 4.54. The van der Waals surface area contributed by atoms with Crippen LogP contribution in [0.4, 0.5) is 0 Å². The average Bonchev–Trinajstić information content (AvgIpc) is 2.78. The van der Waals surface area contributed by atoms with Gasteiger partial charge in [0.05, 0.1) is 0 Å². The Morgan fingerprint density at radius 3 is 2.89 bits per heavy atom. The lowest BCUT2D eigenvalue weighted by Crippen LogP contribution is -2.44. The van der Waals surface area contributed by atoms with Gasteiger partial charge in [-0.2, -0.15) is 0 Å². The fraction of sp³-hybridized carbons (Fsp3) is 0.429. The van der Waals surface area contributed by atoms with E-state index in [1.165, 1.54) is 0 Å². The summed E-state index contributed by atoms with van der Waals surface area (Å²) in [7, 11) is 0. The molecule has 1 heterocycles. The van der Waals surface area contributed by atoms with Crippen LogP contribution < -0.4 is 5.32 Å². The highest BCUT2D eigenvalue weighted by atomic mass is 35.5. The normalized spacial score (nSPS) is 18.7. The van der Waals surface area contributed by atoms with Crippen molar-refractivity contribution in [3.05, 3.63) is 34.9 Å². The zero-order valence-electron chi connectivity index (χ0n) is 10.9. The van der Waals surface area contributed by atoms with Crippen LogP contribution in [-0.2, 0) is 16.1 Å². The molecule has 1 atom stereocenters. The Morgan fingerprint density at radius 2 is 2.21 bits per heavy atom. The van der Waals surface area contributed by atoms with E-state index in [-0.39, 0.29) is 17.9 Å². The van der Waals surface area contributed by atoms with Crippen LogP contribution in [0.25, 0.3) is 0 Å². The fourth-order valence-corrected chi connectivity index (χ4v) is 2.55. The van der Waals surface area contributed by atoms with Gasteiger partial charge < -0.3 is 10.2 Å². The number of rotatable bonds is 4. The number of hydrogen-bond acceptors (Lipinski definition) is 2. The Morgan fingerprint density at radius 1 is 1.47 bits per heavy atom. The van der Waals surface area contributed by atoms with E-state index in [1.807, 2.05) is 25.1 Å². The number of likely N-dealkylation sites (N-methyl/N-ethyl adjacent to an activating group) is 1. The summed E-state index contributed by atoms with van der Waals surface area (Å²) in [4.78, 5) is 25.3. The number of carbonyl (C=O) groups excluding carboxylic acids is 2. The van der Waals surface area contributed by atoms with Gasteiger partial charge in [-0.1, -0.05) is 29.8 Å². The van der Waals surface area contributed by atoms with Crippen molar-refractivity contribution in [2.75, 3.05) is 6.54 Å². The number of halogens is 1. The lowest BCUT2D eigenvalue weighted by Gasteiger charge is -2.22. The molecule has 102 valence electrons. The number of nitrogens with one attached hydrogen (secondary N) is 1. The molecular formula is C14H17ClN2O2. The van der Waals surface area contributed by atoms with Crippen molar-refractivity contribution in [2.24, 2.45) is 0 Å². The molecule has 0 spiro atoms. The van der Waals surface area contributed by atoms with Gasteiger partial charge in [0.25, 0.3) is 0 Å². The first-order valence-corrected chi connectivity index (χ1v) is 6.82. The molecule has 1 aliphatic rings. The Labute approximate surface area is 117 Å². The SMILES string of the molecule is CCN1C(=O)CC[C@H]1C(=O)NCc1ccccc1Cl. The molecule has 0 aromatic heterocycles. The number of hydrogen-bond donors (Lipinski definition) is 1. The molecule has 1 fully saturated rings. The van der Waals surface area contributed by atoms with Gasteiger partial charge in [-0.05, 0) is 25.0 Å². The molecule has 1 saturated heterocycles. The predicted octanol–water partition coefficient (Wildman–Crippen LogP) is 1.97. The van der Waals surface area contributed by atoms with Gasteiger partial charge in [-0.25, -0.2) is 0 Å². The molecule has 0 aliphatic carbocycles. The van der Waals surface area contributed by atoms with Crippen LogP contribution in [-0.4, -0.2) is 29.3 Å². The Kier molecular flexibility index (Phi) is 4.43. The van der Waals surface area contributed by atoms with Crippen molar-refractivity contribution >= 4 is 23.4 Å². The summed E-state index contributed by atoms with van der Waals surface area (Å²) in [5.41, 5.74) is 0.880. The zero-order valence-corrected chi connectivity index (χ0v) is 11.6. The third-order valence-corrected chi connectivity index (χ3v) is 3.75. The van der Waals surface area contributed by atoms with E-state index in [0.29, 0.717) is 31.0 Å². The third-order valence-electron chi connectivity index (χ3n) is 3.38. The second-order valence-corrected chi connectivity index (χ2v) is 4.95. The largest absolute Gasteiger partial charge is 0.350 e. The summed E-state index contributed by atoms with van der Waals surface area (Å²) < 4.78 is 0. The third kappa shape index (κ3) is 3.07. The van der Waals surface area contributed by atoms with E-state index in [1.54, 1.807) is 11.0 Å². The number of benzene rings is 1. The molecule has 0 unspecified atom stereocenters. The first-order chi connectivity index (χ1) is 9.13. The summed E-state index contributed by atoms with van der Waals surface area (Å²) in [5, 5.41) is 3.49. The molecule has 1 aliphatic heterocycles. The van der Waals surface area contributed by atoms with Crippen LogP contribution in [0.15, 0.2) is 24.3 Å². The molecule has 0 radical (unpaired) electrons. The molecule has 1 aromatic carbocycles. The van der Waals surface area contributed by atoms with Crippen LogP contribution in [0.5, 0.6) is 0 Å². The highest BCUT2D eigenvalue weighted by Crippen LogP contribution is 2.19. The monoisotopic (exact) mass is 280 g/mol. The van der Waals surface area contributed by atoms with Crippen molar-refractivity contribution in [1.29, 1.82) is 0 Å². The Balaban J connectivity index is 1.95. The number of amides is 2. The summed E-state index contributed by atoms with van der Waals surface area (Å²) >= 11 is 6.03. The minimum Gasteiger partial charge on any atom is -0.350 e. The highest BCUT2D eigenvalue weighted by molar-refractivity contribution is 6.31. The van der Waals surface area contributed by atoms with Crippen molar-refractivity contribution in [2.45, 2.75) is 32.4 Å². The van der Waals surface area contributed by atoms with Crippen molar-refractivity contribution < 1.29 is 9.59 Å². The first kappa shape index (κ1) is 13.9. The molecule has 2 rings (SSSR count). The van der Waals surface area contributed by atoms with E-state index in [2.05, 4.69) is 5.32 Å². The van der Waals surface area contributed by atoms with Gasteiger partial charge in [0, 0.05) is 24.5 Å². The van der Waals surface area contributed by atoms with Crippen LogP contribution in [0.2, 0.25) is 5.02 Å². The molecule has 1 N–H and O–H groups in total. The first-order valence-electron chi connectivity index (χ1n) is 6.44. The van der Waals surface area contributed by atoms with Gasteiger partial charge in [0.1, 0.15) is 6.04 Å². The molecule has 1 aromatic rings. The topological polar surface area (TPSA) is 49.4 Å². The van der Waals surface area contributed by atoms with Gasteiger partial charge in [0.15, 0.2) is 0 Å². The summed E-state index contributed by atoms with van der Waals surface area (Å²) in [5.74, 6) is -0.0481. The minimum atomic E-state index is -0.333. The maximum absolute atomic E-state index is 12.1. The lowest BCUT2D eigenvalue weighted by molar-refractivity contribution is -0.135. The number of carbonyl (C=O) groups is 2. The van der Waals surface area contributed by atoms with Crippen molar-refractivity contribution in [3.63, 3.8) is 0 Å². The zero-order chi connectivity index (χ0) is 13.8. The summed E-state index contributed by atoms with van der Waals surface area (Å²) in [6.45, 7) is 2.85. The molecular weight excluding hydrogens is 264 g/mol. The van der Waals surface area contributed by atoms with Gasteiger partial charge in [0.2, 0.25) is 11.8 Å². The maximum Gasteiger partial charge on any atom is 0.243 e. The van der Waals surface area contributed by atoms with Crippen molar-refractivity contribution in [3.8, 4) is 0 Å². The smallest absolute Gasteiger partial charge is 0.243 e. The highest BCUT2D eigenvalue weighted by Gasteiger charge is 2.34. The van der Waals surface area contributed by atoms with E-state index in [9.17, 15) is 9.59 Å². The maximum atomic E-state index is 12.1. The molecule has 2 amide bonds.